The van der Waals surface area contributed by atoms with Crippen LogP contribution < -0.4 is 0 Å². The largest absolute Gasteiger partial charge is 0.425 e. The second-order valence-corrected chi connectivity index (χ2v) is 1.83. The number of nitrogens with zero attached hydrogens (tertiary/aromatic N) is 2. The van der Waals surface area contributed by atoms with E-state index in [2.05, 4.69) is 19.4 Å². The van der Waals surface area contributed by atoms with Crippen LogP contribution in [0.2, 0.25) is 0 Å². The van der Waals surface area contributed by atoms with Crippen LogP contribution >= 0.6 is 9.24 Å². The quantitative estimate of drug-likeness (QED) is 0.526. The maximum absolute atomic E-state index is 4.99. The first-order valence-electron chi connectivity index (χ1n) is 2.32. The van der Waals surface area contributed by atoms with Crippen LogP contribution in [-0.4, -0.2) is 10.2 Å². The van der Waals surface area contributed by atoms with Gasteiger partial charge < -0.3 is 4.42 Å². The SMILES string of the molecule is Cc1nnc(CP)o1. The maximum Gasteiger partial charge on any atom is 0.220 e. The minimum atomic E-state index is 0.627. The Labute approximate surface area is 49.7 Å². The fourth-order valence-electron chi connectivity index (χ4n) is 0.420. The van der Waals surface area contributed by atoms with Gasteiger partial charge in [0.2, 0.25) is 11.8 Å². The lowest BCUT2D eigenvalue weighted by Crippen LogP contribution is -1.73. The Morgan fingerprint density at radius 2 is 2.38 bits per heavy atom. The van der Waals surface area contributed by atoms with Gasteiger partial charge in [-0.05, 0) is 0 Å². The van der Waals surface area contributed by atoms with E-state index in [9.17, 15) is 0 Å². The molecule has 1 heterocycles. The summed E-state index contributed by atoms with van der Waals surface area (Å²) in [7, 11) is 2.51. The Bertz CT molecular complexity index is 174. The Kier molecular flexibility index (Phi) is 1.59. The molecule has 0 aliphatic carbocycles. The molecule has 0 saturated heterocycles. The van der Waals surface area contributed by atoms with Crippen LogP contribution in [0.25, 0.3) is 0 Å². The van der Waals surface area contributed by atoms with E-state index in [-0.39, 0.29) is 0 Å². The van der Waals surface area contributed by atoms with Gasteiger partial charge in [0.05, 0.1) is 0 Å². The average Bonchev–Trinajstić information content (AvgIpc) is 2.14. The van der Waals surface area contributed by atoms with Gasteiger partial charge in [-0.15, -0.1) is 19.4 Å². The van der Waals surface area contributed by atoms with Crippen LogP contribution in [0.15, 0.2) is 4.42 Å². The third-order valence-corrected chi connectivity index (χ3v) is 1.09. The second kappa shape index (κ2) is 2.23. The van der Waals surface area contributed by atoms with Gasteiger partial charge in [-0.2, -0.15) is 0 Å². The molecule has 0 aliphatic heterocycles. The third kappa shape index (κ3) is 1.04. The highest BCUT2D eigenvalue weighted by molar-refractivity contribution is 7.15. The zero-order valence-corrected chi connectivity index (χ0v) is 5.74. The first-order chi connectivity index (χ1) is 3.83. The molecule has 3 nitrogen and oxygen atoms in total. The molecule has 1 rings (SSSR count). The summed E-state index contributed by atoms with van der Waals surface area (Å²) in [5.74, 6) is 1.30. The lowest BCUT2D eigenvalue weighted by Gasteiger charge is -1.77. The summed E-state index contributed by atoms with van der Waals surface area (Å²) in [5.41, 5.74) is 0. The molecule has 1 atom stereocenters. The summed E-state index contributed by atoms with van der Waals surface area (Å²) in [6.07, 6.45) is 0.737. The van der Waals surface area contributed by atoms with E-state index < -0.39 is 0 Å². The minimum absolute atomic E-state index is 0.627. The average molecular weight is 130 g/mol. The monoisotopic (exact) mass is 130 g/mol. The van der Waals surface area contributed by atoms with Crippen molar-refractivity contribution in [1.29, 1.82) is 0 Å². The predicted molar refractivity (Wildman–Crippen MR) is 32.4 cm³/mol. The summed E-state index contributed by atoms with van der Waals surface area (Å²) >= 11 is 0. The van der Waals surface area contributed by atoms with Crippen molar-refractivity contribution in [3.63, 3.8) is 0 Å². The van der Waals surface area contributed by atoms with E-state index in [1.165, 1.54) is 0 Å². The van der Waals surface area contributed by atoms with Gasteiger partial charge >= 0.3 is 0 Å². The van der Waals surface area contributed by atoms with Crippen molar-refractivity contribution in [3.8, 4) is 0 Å². The molecule has 1 unspecified atom stereocenters. The van der Waals surface area contributed by atoms with Crippen LogP contribution in [0.5, 0.6) is 0 Å². The van der Waals surface area contributed by atoms with Crippen molar-refractivity contribution >= 4 is 9.24 Å². The number of hydrogen-bond acceptors (Lipinski definition) is 3. The first kappa shape index (κ1) is 5.70. The normalized spacial score (nSPS) is 9.75. The summed E-state index contributed by atoms with van der Waals surface area (Å²) < 4.78 is 4.99. The standard InChI is InChI=1S/C4H7N2OP/c1-3-5-6-4(2-8)7-3/h2,8H2,1H3. The van der Waals surface area contributed by atoms with Crippen molar-refractivity contribution in [2.75, 3.05) is 0 Å². The molecular weight excluding hydrogens is 123 g/mol. The molecule has 0 saturated carbocycles. The lowest BCUT2D eigenvalue weighted by molar-refractivity contribution is 0.485. The number of rotatable bonds is 1. The molecule has 0 fully saturated rings. The van der Waals surface area contributed by atoms with Crippen LogP contribution in [0.1, 0.15) is 11.8 Å². The minimum Gasteiger partial charge on any atom is -0.425 e. The molecule has 44 valence electrons. The van der Waals surface area contributed by atoms with E-state index in [1.807, 2.05) is 0 Å². The fourth-order valence-corrected chi connectivity index (χ4v) is 0.585. The molecule has 0 spiro atoms. The van der Waals surface area contributed by atoms with Crippen LogP contribution in [0.4, 0.5) is 0 Å². The molecule has 1 aromatic rings. The van der Waals surface area contributed by atoms with E-state index >= 15 is 0 Å². The number of hydrogen-bond donors (Lipinski definition) is 0. The summed E-state index contributed by atoms with van der Waals surface area (Å²) in [5, 5.41) is 7.35. The highest BCUT2D eigenvalue weighted by Crippen LogP contribution is 2.01. The van der Waals surface area contributed by atoms with Crippen LogP contribution in [0, 0.1) is 6.92 Å². The number of aryl methyl sites for hydroxylation is 1. The smallest absolute Gasteiger partial charge is 0.220 e. The first-order valence-corrected chi connectivity index (χ1v) is 3.13. The molecule has 0 radical (unpaired) electrons. The number of aromatic nitrogens is 2. The highest BCUT2D eigenvalue weighted by atomic mass is 31.0. The molecule has 0 N–H and O–H groups in total. The maximum atomic E-state index is 4.99. The molecule has 0 aromatic carbocycles. The predicted octanol–water partition coefficient (Wildman–Crippen LogP) is 0.753. The van der Waals surface area contributed by atoms with Gasteiger partial charge in [-0.3, -0.25) is 0 Å². The molecule has 1 aromatic heterocycles. The summed E-state index contributed by atoms with van der Waals surface area (Å²) in [6.45, 7) is 1.77. The zero-order chi connectivity index (χ0) is 5.98. The summed E-state index contributed by atoms with van der Waals surface area (Å²) in [6, 6.07) is 0. The van der Waals surface area contributed by atoms with E-state index in [0.29, 0.717) is 11.8 Å². The van der Waals surface area contributed by atoms with E-state index in [4.69, 9.17) is 4.42 Å². The van der Waals surface area contributed by atoms with Crippen molar-refractivity contribution in [2.24, 2.45) is 0 Å². The molecule has 8 heavy (non-hydrogen) atoms. The molecule has 0 bridgehead atoms. The Hall–Kier alpha value is -0.430. The Balaban J connectivity index is 2.84. The molecule has 0 amide bonds. The zero-order valence-electron chi connectivity index (χ0n) is 4.59. The van der Waals surface area contributed by atoms with Crippen molar-refractivity contribution in [3.05, 3.63) is 11.8 Å². The second-order valence-electron chi connectivity index (χ2n) is 1.42. The van der Waals surface area contributed by atoms with E-state index in [0.717, 1.165) is 6.16 Å². The fraction of sp³-hybridized carbons (Fsp3) is 0.500. The van der Waals surface area contributed by atoms with Gasteiger partial charge in [0.25, 0.3) is 0 Å². The molecule has 0 aliphatic rings. The van der Waals surface area contributed by atoms with Gasteiger partial charge in [-0.25, -0.2) is 0 Å². The topological polar surface area (TPSA) is 38.9 Å². The van der Waals surface area contributed by atoms with Crippen LogP contribution in [0.3, 0.4) is 0 Å². The van der Waals surface area contributed by atoms with Crippen molar-refractivity contribution < 1.29 is 4.42 Å². The van der Waals surface area contributed by atoms with Crippen molar-refractivity contribution in [2.45, 2.75) is 13.1 Å². The van der Waals surface area contributed by atoms with Crippen molar-refractivity contribution in [1.82, 2.24) is 10.2 Å². The molecule has 4 heteroatoms. The van der Waals surface area contributed by atoms with Crippen LogP contribution in [-0.2, 0) is 6.16 Å². The third-order valence-electron chi connectivity index (χ3n) is 0.742. The van der Waals surface area contributed by atoms with E-state index in [1.54, 1.807) is 6.92 Å². The lowest BCUT2D eigenvalue weighted by atomic mass is 10.8. The van der Waals surface area contributed by atoms with Gasteiger partial charge in [-0.1, -0.05) is 0 Å². The van der Waals surface area contributed by atoms with Gasteiger partial charge in [0.15, 0.2) is 0 Å². The Morgan fingerprint density at radius 1 is 1.62 bits per heavy atom. The molecular formula is C4H7N2OP. The Morgan fingerprint density at radius 3 is 2.62 bits per heavy atom. The van der Waals surface area contributed by atoms with Gasteiger partial charge in [0, 0.05) is 13.1 Å². The highest BCUT2D eigenvalue weighted by Gasteiger charge is 1.95. The van der Waals surface area contributed by atoms with Gasteiger partial charge in [0.1, 0.15) is 0 Å². The summed E-state index contributed by atoms with van der Waals surface area (Å²) in [4.78, 5) is 0.